The second-order valence-corrected chi connectivity index (χ2v) is 12.1. The molecule has 1 aliphatic rings. The van der Waals surface area contributed by atoms with Crippen LogP contribution in [-0.2, 0) is 22.8 Å². The fourth-order valence-electron chi connectivity index (χ4n) is 3.95. The molecule has 1 aromatic carbocycles. The molecule has 0 aliphatic carbocycles. The number of imidazole rings is 1. The lowest BCUT2D eigenvalue weighted by atomic mass is 9.91. The summed E-state index contributed by atoms with van der Waals surface area (Å²) in [6.07, 6.45) is 4.49. The largest absolute Gasteiger partial charge is 0.328 e. The zero-order chi connectivity index (χ0) is 20.5. The molecule has 156 valence electrons. The highest BCUT2D eigenvalue weighted by Crippen LogP contribution is 2.28. The van der Waals surface area contributed by atoms with Crippen LogP contribution in [0.15, 0.2) is 23.1 Å². The molecule has 1 aliphatic heterocycles. The monoisotopic (exact) mass is 405 g/mol. The van der Waals surface area contributed by atoms with Gasteiger partial charge in [0.15, 0.2) is 9.84 Å². The Hall–Kier alpha value is -1.40. The predicted octanol–water partition coefficient (Wildman–Crippen LogP) is 4.20. The Labute approximate surface area is 169 Å². The first-order valence-electron chi connectivity index (χ1n) is 10.5. The number of nitrogens with zero attached hydrogens (tertiary/aromatic N) is 2. The van der Waals surface area contributed by atoms with Gasteiger partial charge in [0, 0.05) is 13.0 Å². The lowest BCUT2D eigenvalue weighted by Crippen LogP contribution is -2.28. The van der Waals surface area contributed by atoms with E-state index in [0.717, 1.165) is 55.3 Å². The smallest absolute Gasteiger partial charge is 0.180 e. The topological polar surface area (TPSA) is 64.0 Å². The Balaban J connectivity index is 1.97. The molecule has 0 unspecified atom stereocenters. The van der Waals surface area contributed by atoms with Crippen molar-refractivity contribution in [2.75, 3.05) is 13.1 Å². The average molecular weight is 406 g/mol. The van der Waals surface area contributed by atoms with E-state index >= 15 is 0 Å². The van der Waals surface area contributed by atoms with Crippen LogP contribution in [0, 0.1) is 11.3 Å². The van der Waals surface area contributed by atoms with E-state index < -0.39 is 15.1 Å². The second-order valence-electron chi connectivity index (χ2n) is 9.64. The van der Waals surface area contributed by atoms with Crippen LogP contribution < -0.4 is 5.32 Å². The van der Waals surface area contributed by atoms with E-state index in [1.807, 2.05) is 6.07 Å². The van der Waals surface area contributed by atoms with Crippen LogP contribution in [0.2, 0.25) is 0 Å². The summed E-state index contributed by atoms with van der Waals surface area (Å²) < 4.78 is 27.5. The van der Waals surface area contributed by atoms with Crippen molar-refractivity contribution in [2.24, 2.45) is 11.3 Å². The molecule has 5 nitrogen and oxygen atoms in total. The van der Waals surface area contributed by atoms with Gasteiger partial charge in [-0.25, -0.2) is 13.4 Å². The third kappa shape index (κ3) is 4.77. The summed E-state index contributed by atoms with van der Waals surface area (Å²) in [5.41, 5.74) is 1.97. The molecular weight excluding hydrogens is 370 g/mol. The average Bonchev–Trinajstić information content (AvgIpc) is 2.95. The summed E-state index contributed by atoms with van der Waals surface area (Å²) in [5, 5.41) is 3.00. The lowest BCUT2D eigenvalue weighted by Gasteiger charge is -2.24. The third-order valence-electron chi connectivity index (χ3n) is 5.66. The zero-order valence-electron chi connectivity index (χ0n) is 18.0. The molecule has 1 saturated heterocycles. The number of rotatable bonds is 6. The van der Waals surface area contributed by atoms with Gasteiger partial charge in [0.1, 0.15) is 5.82 Å². The SMILES string of the molecule is CC(C)S(=O)(=O)c1ccc2c(c1)nc(CC(C)(C)C)n2CCC1CCNCC1. The first-order valence-corrected chi connectivity index (χ1v) is 12.1. The van der Waals surface area contributed by atoms with Gasteiger partial charge in [0.2, 0.25) is 0 Å². The molecule has 1 fully saturated rings. The number of sulfone groups is 1. The second kappa shape index (κ2) is 8.15. The van der Waals surface area contributed by atoms with Gasteiger partial charge in [-0.05, 0) is 75.7 Å². The van der Waals surface area contributed by atoms with E-state index in [-0.39, 0.29) is 5.41 Å². The van der Waals surface area contributed by atoms with E-state index in [1.165, 1.54) is 12.8 Å². The Morgan fingerprint density at radius 1 is 1.21 bits per heavy atom. The van der Waals surface area contributed by atoms with Crippen molar-refractivity contribution in [3.8, 4) is 0 Å². The predicted molar refractivity (Wildman–Crippen MR) is 115 cm³/mol. The van der Waals surface area contributed by atoms with E-state index in [1.54, 1.807) is 26.0 Å². The number of aromatic nitrogens is 2. The van der Waals surface area contributed by atoms with Crippen LogP contribution in [0.1, 0.15) is 59.7 Å². The van der Waals surface area contributed by atoms with Crippen molar-refractivity contribution in [3.63, 3.8) is 0 Å². The van der Waals surface area contributed by atoms with Crippen LogP contribution in [0.25, 0.3) is 11.0 Å². The van der Waals surface area contributed by atoms with Gasteiger partial charge in [-0.3, -0.25) is 0 Å². The Kier molecular flexibility index (Phi) is 6.20. The number of hydrogen-bond acceptors (Lipinski definition) is 4. The fourth-order valence-corrected chi connectivity index (χ4v) is 5.03. The van der Waals surface area contributed by atoms with Crippen molar-refractivity contribution >= 4 is 20.9 Å². The highest BCUT2D eigenvalue weighted by molar-refractivity contribution is 7.92. The van der Waals surface area contributed by atoms with Crippen LogP contribution in [0.4, 0.5) is 0 Å². The van der Waals surface area contributed by atoms with E-state index in [9.17, 15) is 8.42 Å². The Morgan fingerprint density at radius 2 is 1.89 bits per heavy atom. The minimum atomic E-state index is -3.29. The van der Waals surface area contributed by atoms with Crippen LogP contribution in [0.5, 0.6) is 0 Å². The van der Waals surface area contributed by atoms with Crippen LogP contribution in [-0.4, -0.2) is 36.3 Å². The molecule has 1 aromatic heterocycles. The molecule has 0 bridgehead atoms. The maximum Gasteiger partial charge on any atom is 0.180 e. The normalized spacial score (nSPS) is 16.9. The van der Waals surface area contributed by atoms with Gasteiger partial charge in [-0.1, -0.05) is 20.8 Å². The summed E-state index contributed by atoms with van der Waals surface area (Å²) >= 11 is 0. The molecule has 2 aromatic rings. The highest BCUT2D eigenvalue weighted by Gasteiger charge is 2.23. The maximum atomic E-state index is 12.6. The molecule has 1 N–H and O–H groups in total. The third-order valence-corrected chi connectivity index (χ3v) is 7.81. The standard InChI is InChI=1S/C22H35N3O2S/c1-16(2)28(26,27)18-6-7-20-19(14-18)24-21(15-22(3,4)5)25(20)13-10-17-8-11-23-12-9-17/h6-7,14,16-17,23H,8-13,15H2,1-5H3. The summed E-state index contributed by atoms with van der Waals surface area (Å²) in [6, 6.07) is 5.46. The first kappa shape index (κ1) is 21.3. The number of fused-ring (bicyclic) bond motifs is 1. The van der Waals surface area contributed by atoms with Crippen molar-refractivity contribution in [3.05, 3.63) is 24.0 Å². The molecule has 3 rings (SSSR count). The van der Waals surface area contributed by atoms with E-state index in [4.69, 9.17) is 4.98 Å². The van der Waals surface area contributed by atoms with E-state index in [0.29, 0.717) is 4.90 Å². The number of piperidine rings is 1. The minimum absolute atomic E-state index is 0.126. The van der Waals surface area contributed by atoms with Crippen molar-refractivity contribution in [1.29, 1.82) is 0 Å². The molecule has 0 amide bonds. The molecule has 0 radical (unpaired) electrons. The Bertz CT molecular complexity index is 917. The van der Waals surface area contributed by atoms with E-state index in [2.05, 4.69) is 30.7 Å². The van der Waals surface area contributed by atoms with Crippen molar-refractivity contribution in [1.82, 2.24) is 14.9 Å². The maximum absolute atomic E-state index is 12.6. The van der Waals surface area contributed by atoms with Gasteiger partial charge in [-0.15, -0.1) is 0 Å². The number of nitrogens with one attached hydrogen (secondary N) is 1. The number of hydrogen-bond donors (Lipinski definition) is 1. The number of aryl methyl sites for hydroxylation is 1. The van der Waals surface area contributed by atoms with Crippen molar-refractivity contribution < 1.29 is 8.42 Å². The first-order chi connectivity index (χ1) is 13.1. The minimum Gasteiger partial charge on any atom is -0.328 e. The fraction of sp³-hybridized carbons (Fsp3) is 0.682. The summed E-state index contributed by atoms with van der Waals surface area (Å²) in [6.45, 7) is 13.3. The summed E-state index contributed by atoms with van der Waals surface area (Å²) in [4.78, 5) is 5.26. The van der Waals surface area contributed by atoms with Crippen LogP contribution >= 0.6 is 0 Å². The molecule has 28 heavy (non-hydrogen) atoms. The Morgan fingerprint density at radius 3 is 2.50 bits per heavy atom. The van der Waals surface area contributed by atoms with Crippen molar-refractivity contribution in [2.45, 2.75) is 77.0 Å². The zero-order valence-corrected chi connectivity index (χ0v) is 18.8. The van der Waals surface area contributed by atoms with Gasteiger partial charge in [-0.2, -0.15) is 0 Å². The quantitative estimate of drug-likeness (QED) is 0.782. The van der Waals surface area contributed by atoms with Gasteiger partial charge < -0.3 is 9.88 Å². The van der Waals surface area contributed by atoms with Gasteiger partial charge >= 0.3 is 0 Å². The molecular formula is C22H35N3O2S. The van der Waals surface area contributed by atoms with Gasteiger partial charge in [0.25, 0.3) is 0 Å². The molecule has 0 spiro atoms. The summed E-state index contributed by atoms with van der Waals surface area (Å²) in [5.74, 6) is 1.82. The molecule has 2 heterocycles. The number of benzene rings is 1. The summed E-state index contributed by atoms with van der Waals surface area (Å²) in [7, 11) is -3.29. The molecule has 0 saturated carbocycles. The van der Waals surface area contributed by atoms with Gasteiger partial charge in [0.05, 0.1) is 21.2 Å². The highest BCUT2D eigenvalue weighted by atomic mass is 32.2. The molecule has 6 heteroatoms. The lowest BCUT2D eigenvalue weighted by molar-refractivity contribution is 0.333. The molecule has 0 atom stereocenters. The van der Waals surface area contributed by atoms with Crippen LogP contribution in [0.3, 0.4) is 0 Å².